The Kier molecular flexibility index (Phi) is 8.71. The number of sulfonamides is 1. The molecule has 0 bridgehead atoms. The first-order valence-electron chi connectivity index (χ1n) is 7.58. The van der Waals surface area contributed by atoms with E-state index in [1.807, 2.05) is 30.3 Å². The van der Waals surface area contributed by atoms with Crippen molar-refractivity contribution in [2.45, 2.75) is 6.10 Å². The molecular formula is C17H23ClN2O4S. The number of nitrogens with one attached hydrogen (secondary N) is 2. The maximum atomic E-state index is 11.1. The normalized spacial score (nSPS) is 12.1. The minimum Gasteiger partial charge on any atom is -0.492 e. The van der Waals surface area contributed by atoms with Crippen LogP contribution >= 0.6 is 12.4 Å². The summed E-state index contributed by atoms with van der Waals surface area (Å²) in [5, 5.41) is 13.2. The molecule has 0 fully saturated rings. The molecule has 6 nitrogen and oxygen atoms in total. The zero-order valence-electron chi connectivity index (χ0n) is 13.9. The number of ether oxygens (including phenoxy) is 1. The fourth-order valence-electron chi connectivity index (χ4n) is 2.10. The van der Waals surface area contributed by atoms with Gasteiger partial charge in [-0.05, 0) is 29.8 Å². The molecule has 0 aliphatic rings. The first-order chi connectivity index (χ1) is 11.4. The van der Waals surface area contributed by atoms with Crippen LogP contribution in [0.2, 0.25) is 0 Å². The second-order valence-corrected chi connectivity index (χ2v) is 7.13. The zero-order chi connectivity index (χ0) is 17.4. The van der Waals surface area contributed by atoms with Gasteiger partial charge in [-0.25, -0.2) is 8.42 Å². The topological polar surface area (TPSA) is 87.7 Å². The number of hydrogen-bond donors (Lipinski definition) is 3. The van der Waals surface area contributed by atoms with Crippen molar-refractivity contribution in [3.63, 3.8) is 0 Å². The van der Waals surface area contributed by atoms with Crippen LogP contribution in [0, 0.1) is 0 Å². The highest BCUT2D eigenvalue weighted by Crippen LogP contribution is 2.16. The standard InChI is InChI=1S/C17H22N2O4S.ClH/c1-24(21,22)19-15-9-7-14(8-10-15)17(20)13-18-11-12-23-16-5-3-2-4-6-16;/h2-10,17-20H,11-13H2,1H3;1H. The molecule has 1 unspecified atom stereocenters. The van der Waals surface area contributed by atoms with Gasteiger partial charge in [0.05, 0.1) is 12.4 Å². The predicted molar refractivity (Wildman–Crippen MR) is 102 cm³/mol. The summed E-state index contributed by atoms with van der Waals surface area (Å²) in [6.45, 7) is 1.50. The van der Waals surface area contributed by atoms with Crippen molar-refractivity contribution in [1.82, 2.24) is 5.32 Å². The molecule has 2 aromatic rings. The molecule has 1 atom stereocenters. The molecule has 2 aromatic carbocycles. The third kappa shape index (κ3) is 8.22. The van der Waals surface area contributed by atoms with Gasteiger partial charge in [-0.2, -0.15) is 0 Å². The maximum Gasteiger partial charge on any atom is 0.229 e. The third-order valence-corrected chi connectivity index (χ3v) is 3.83. The molecule has 8 heteroatoms. The molecule has 0 heterocycles. The van der Waals surface area contributed by atoms with Crippen molar-refractivity contribution in [3.05, 3.63) is 60.2 Å². The highest BCUT2D eigenvalue weighted by Gasteiger charge is 2.08. The van der Waals surface area contributed by atoms with Crippen LogP contribution in [-0.2, 0) is 10.0 Å². The second kappa shape index (κ2) is 10.2. The van der Waals surface area contributed by atoms with E-state index in [0.29, 0.717) is 30.9 Å². The van der Waals surface area contributed by atoms with Crippen molar-refractivity contribution < 1.29 is 18.3 Å². The highest BCUT2D eigenvalue weighted by molar-refractivity contribution is 7.92. The number of benzene rings is 2. The van der Waals surface area contributed by atoms with Gasteiger partial charge in [-0.15, -0.1) is 12.4 Å². The molecule has 0 saturated heterocycles. The van der Waals surface area contributed by atoms with E-state index < -0.39 is 16.1 Å². The van der Waals surface area contributed by atoms with E-state index in [-0.39, 0.29) is 12.4 Å². The van der Waals surface area contributed by atoms with Crippen molar-refractivity contribution in [2.24, 2.45) is 0 Å². The summed E-state index contributed by atoms with van der Waals surface area (Å²) in [6, 6.07) is 16.2. The Labute approximate surface area is 154 Å². The summed E-state index contributed by atoms with van der Waals surface area (Å²) in [6.07, 6.45) is 0.422. The first kappa shape index (κ1) is 21.2. The van der Waals surface area contributed by atoms with Gasteiger partial charge in [0.1, 0.15) is 12.4 Å². The van der Waals surface area contributed by atoms with Crippen LogP contribution in [0.15, 0.2) is 54.6 Å². The third-order valence-electron chi connectivity index (χ3n) is 3.23. The molecule has 2 rings (SSSR count). The van der Waals surface area contributed by atoms with Gasteiger partial charge in [-0.1, -0.05) is 30.3 Å². The average molecular weight is 387 g/mol. The fraction of sp³-hybridized carbons (Fsp3) is 0.294. The average Bonchev–Trinajstić information content (AvgIpc) is 2.54. The van der Waals surface area contributed by atoms with Crippen molar-refractivity contribution in [3.8, 4) is 5.75 Å². The lowest BCUT2D eigenvalue weighted by atomic mass is 10.1. The van der Waals surface area contributed by atoms with Crippen molar-refractivity contribution in [1.29, 1.82) is 0 Å². The zero-order valence-corrected chi connectivity index (χ0v) is 15.5. The molecule has 3 N–H and O–H groups in total. The summed E-state index contributed by atoms with van der Waals surface area (Å²) in [5.74, 6) is 0.814. The van der Waals surface area contributed by atoms with E-state index in [1.54, 1.807) is 24.3 Å². The second-order valence-electron chi connectivity index (χ2n) is 5.38. The number of aliphatic hydroxyl groups is 1. The quantitative estimate of drug-likeness (QED) is 0.575. The number of hydrogen-bond acceptors (Lipinski definition) is 5. The van der Waals surface area contributed by atoms with Crippen LogP contribution in [0.5, 0.6) is 5.75 Å². The molecule has 0 radical (unpaired) electrons. The van der Waals surface area contributed by atoms with Crippen molar-refractivity contribution >= 4 is 28.1 Å². The summed E-state index contributed by atoms with van der Waals surface area (Å²) in [5.41, 5.74) is 1.18. The molecule has 0 spiro atoms. The molecule has 0 aliphatic heterocycles. The van der Waals surface area contributed by atoms with Gasteiger partial charge in [0.2, 0.25) is 10.0 Å². The smallest absolute Gasteiger partial charge is 0.229 e. The number of anilines is 1. The van der Waals surface area contributed by atoms with E-state index in [9.17, 15) is 13.5 Å². The molecule has 0 amide bonds. The lowest BCUT2D eigenvalue weighted by molar-refractivity contribution is 0.172. The van der Waals surface area contributed by atoms with E-state index in [1.165, 1.54) is 0 Å². The Bertz CT molecular complexity index is 724. The Hall–Kier alpha value is -1.80. The maximum absolute atomic E-state index is 11.1. The van der Waals surface area contributed by atoms with Gasteiger partial charge in [-0.3, -0.25) is 4.72 Å². The summed E-state index contributed by atoms with van der Waals surface area (Å²) in [4.78, 5) is 0. The number of aliphatic hydroxyl groups excluding tert-OH is 1. The van der Waals surface area contributed by atoms with E-state index >= 15 is 0 Å². The fourth-order valence-corrected chi connectivity index (χ4v) is 2.67. The van der Waals surface area contributed by atoms with E-state index in [4.69, 9.17) is 4.74 Å². The van der Waals surface area contributed by atoms with E-state index in [0.717, 1.165) is 12.0 Å². The molecule has 0 aromatic heterocycles. The Balaban J connectivity index is 0.00000312. The highest BCUT2D eigenvalue weighted by atomic mass is 35.5. The Morgan fingerprint density at radius 3 is 2.32 bits per heavy atom. The molecule has 138 valence electrons. The largest absolute Gasteiger partial charge is 0.492 e. The van der Waals surface area contributed by atoms with Crippen LogP contribution in [-0.4, -0.2) is 39.5 Å². The van der Waals surface area contributed by atoms with Gasteiger partial charge in [0, 0.05) is 18.8 Å². The lowest BCUT2D eigenvalue weighted by Crippen LogP contribution is -2.26. The summed E-state index contributed by atoms with van der Waals surface area (Å²) >= 11 is 0. The Morgan fingerprint density at radius 2 is 1.72 bits per heavy atom. The van der Waals surface area contributed by atoms with Crippen molar-refractivity contribution in [2.75, 3.05) is 30.7 Å². The number of rotatable bonds is 9. The van der Waals surface area contributed by atoms with Crippen LogP contribution in [0.3, 0.4) is 0 Å². The van der Waals surface area contributed by atoms with Gasteiger partial charge in [0.25, 0.3) is 0 Å². The first-order valence-corrected chi connectivity index (χ1v) is 9.47. The molecule has 0 aliphatic carbocycles. The molecular weight excluding hydrogens is 364 g/mol. The lowest BCUT2D eigenvalue weighted by Gasteiger charge is -2.13. The van der Waals surface area contributed by atoms with Gasteiger partial charge < -0.3 is 15.2 Å². The van der Waals surface area contributed by atoms with E-state index in [2.05, 4.69) is 10.0 Å². The molecule has 25 heavy (non-hydrogen) atoms. The Morgan fingerprint density at radius 1 is 1.08 bits per heavy atom. The van der Waals surface area contributed by atoms with Crippen LogP contribution in [0.25, 0.3) is 0 Å². The van der Waals surface area contributed by atoms with Crippen LogP contribution < -0.4 is 14.8 Å². The minimum absolute atomic E-state index is 0. The number of halogens is 1. The SMILES string of the molecule is CS(=O)(=O)Nc1ccc(C(O)CNCCOc2ccccc2)cc1.Cl. The van der Waals surface area contributed by atoms with Gasteiger partial charge in [0.15, 0.2) is 0 Å². The monoisotopic (exact) mass is 386 g/mol. The van der Waals surface area contributed by atoms with Crippen LogP contribution in [0.1, 0.15) is 11.7 Å². The predicted octanol–water partition coefficient (Wildman–Crippen LogP) is 2.18. The summed E-state index contributed by atoms with van der Waals surface area (Å²) in [7, 11) is -3.29. The van der Waals surface area contributed by atoms with Crippen LogP contribution in [0.4, 0.5) is 5.69 Å². The minimum atomic E-state index is -3.29. The van der Waals surface area contributed by atoms with Gasteiger partial charge >= 0.3 is 0 Å². The summed E-state index contributed by atoms with van der Waals surface area (Å²) < 4.78 is 30.2. The molecule has 0 saturated carbocycles. The number of para-hydroxylation sites is 1.